The number of carbonyl (C=O) groups excluding carboxylic acids is 1. The van der Waals surface area contributed by atoms with Crippen LogP contribution in [-0.2, 0) is 11.2 Å². The van der Waals surface area contributed by atoms with E-state index in [4.69, 9.17) is 11.6 Å². The Labute approximate surface area is 123 Å². The standard InChI is InChI=1S/C15H20BrClO/c1-10(15(2,3)4)7-13(18)8-11-5-6-12(16)9-14(11)17/h5-6,9-10H,7-8H2,1-4H3. The summed E-state index contributed by atoms with van der Waals surface area (Å²) in [5.74, 6) is 0.626. The van der Waals surface area contributed by atoms with E-state index in [1.54, 1.807) is 0 Å². The van der Waals surface area contributed by atoms with Crippen LogP contribution >= 0.6 is 27.5 Å². The first kappa shape index (κ1) is 15.7. The van der Waals surface area contributed by atoms with Crippen molar-refractivity contribution in [2.75, 3.05) is 0 Å². The monoisotopic (exact) mass is 330 g/mol. The van der Waals surface area contributed by atoms with Gasteiger partial charge in [-0.15, -0.1) is 0 Å². The highest BCUT2D eigenvalue weighted by molar-refractivity contribution is 9.10. The molecule has 0 saturated heterocycles. The van der Waals surface area contributed by atoms with Gasteiger partial charge in [-0.3, -0.25) is 4.79 Å². The van der Waals surface area contributed by atoms with Crippen molar-refractivity contribution in [1.82, 2.24) is 0 Å². The summed E-state index contributed by atoms with van der Waals surface area (Å²) in [4.78, 5) is 12.0. The minimum atomic E-state index is 0.166. The number of hydrogen-bond acceptors (Lipinski definition) is 1. The van der Waals surface area contributed by atoms with Gasteiger partial charge in [0.2, 0.25) is 0 Å². The third kappa shape index (κ3) is 4.74. The molecule has 18 heavy (non-hydrogen) atoms. The molecule has 0 spiro atoms. The minimum absolute atomic E-state index is 0.166. The number of carbonyl (C=O) groups is 1. The maximum atomic E-state index is 12.0. The average Bonchev–Trinajstić information content (AvgIpc) is 2.20. The molecule has 100 valence electrons. The van der Waals surface area contributed by atoms with Crippen molar-refractivity contribution in [2.24, 2.45) is 11.3 Å². The summed E-state index contributed by atoms with van der Waals surface area (Å²) >= 11 is 9.48. The van der Waals surface area contributed by atoms with Gasteiger partial charge in [0.1, 0.15) is 5.78 Å². The lowest BCUT2D eigenvalue weighted by Crippen LogP contribution is -2.21. The highest BCUT2D eigenvalue weighted by atomic mass is 79.9. The Kier molecular flexibility index (Phi) is 5.42. The lowest BCUT2D eigenvalue weighted by Gasteiger charge is -2.26. The Morgan fingerprint density at radius 2 is 2.00 bits per heavy atom. The molecular weight excluding hydrogens is 312 g/mol. The molecule has 1 nitrogen and oxygen atoms in total. The van der Waals surface area contributed by atoms with E-state index in [0.717, 1.165) is 10.0 Å². The van der Waals surface area contributed by atoms with Crippen molar-refractivity contribution >= 4 is 33.3 Å². The molecule has 0 aliphatic heterocycles. The zero-order chi connectivity index (χ0) is 13.9. The molecule has 0 bridgehead atoms. The molecule has 0 radical (unpaired) electrons. The molecule has 0 N–H and O–H groups in total. The predicted octanol–water partition coefficient (Wildman–Crippen LogP) is 5.29. The van der Waals surface area contributed by atoms with E-state index in [0.29, 0.717) is 23.8 Å². The van der Waals surface area contributed by atoms with Crippen LogP contribution < -0.4 is 0 Å². The fourth-order valence-corrected chi connectivity index (χ4v) is 2.34. The second-order valence-electron chi connectivity index (χ2n) is 5.92. The summed E-state index contributed by atoms with van der Waals surface area (Å²) < 4.78 is 0.937. The highest BCUT2D eigenvalue weighted by Crippen LogP contribution is 2.29. The lowest BCUT2D eigenvalue weighted by atomic mass is 9.79. The van der Waals surface area contributed by atoms with Crippen molar-refractivity contribution in [2.45, 2.75) is 40.5 Å². The topological polar surface area (TPSA) is 17.1 Å². The Hall–Kier alpha value is -0.340. The molecule has 1 aromatic rings. The van der Waals surface area contributed by atoms with Crippen molar-refractivity contribution in [3.8, 4) is 0 Å². The van der Waals surface area contributed by atoms with Crippen molar-refractivity contribution in [3.63, 3.8) is 0 Å². The molecule has 0 amide bonds. The van der Waals surface area contributed by atoms with E-state index >= 15 is 0 Å². The maximum Gasteiger partial charge on any atom is 0.137 e. The van der Waals surface area contributed by atoms with E-state index in [9.17, 15) is 4.79 Å². The molecule has 1 aromatic carbocycles. The molecule has 0 fully saturated rings. The number of ketones is 1. The van der Waals surface area contributed by atoms with Crippen LogP contribution in [0.4, 0.5) is 0 Å². The summed E-state index contributed by atoms with van der Waals surface area (Å²) in [5, 5.41) is 0.654. The van der Waals surface area contributed by atoms with Crippen molar-refractivity contribution < 1.29 is 4.79 Å². The third-order valence-electron chi connectivity index (χ3n) is 3.41. The fraction of sp³-hybridized carbons (Fsp3) is 0.533. The van der Waals surface area contributed by atoms with Gasteiger partial charge in [0.25, 0.3) is 0 Å². The van der Waals surface area contributed by atoms with Gasteiger partial charge < -0.3 is 0 Å². The second kappa shape index (κ2) is 6.21. The normalized spacial score (nSPS) is 13.4. The lowest BCUT2D eigenvalue weighted by molar-refractivity contribution is -0.120. The minimum Gasteiger partial charge on any atom is -0.299 e. The molecule has 0 aliphatic rings. The van der Waals surface area contributed by atoms with Gasteiger partial charge >= 0.3 is 0 Å². The van der Waals surface area contributed by atoms with Crippen LogP contribution in [0.15, 0.2) is 22.7 Å². The van der Waals surface area contributed by atoms with Crippen LogP contribution in [0.1, 0.15) is 39.7 Å². The highest BCUT2D eigenvalue weighted by Gasteiger charge is 2.22. The molecule has 0 aromatic heterocycles. The first-order chi connectivity index (χ1) is 8.20. The van der Waals surface area contributed by atoms with Gasteiger partial charge in [0.05, 0.1) is 0 Å². The first-order valence-corrected chi connectivity index (χ1v) is 7.33. The Balaban J connectivity index is 2.65. The van der Waals surface area contributed by atoms with E-state index in [2.05, 4.69) is 43.6 Å². The smallest absolute Gasteiger partial charge is 0.137 e. The quantitative estimate of drug-likeness (QED) is 0.733. The van der Waals surface area contributed by atoms with Gasteiger partial charge in [-0.25, -0.2) is 0 Å². The summed E-state index contributed by atoms with van der Waals surface area (Å²) in [6.45, 7) is 8.62. The molecule has 1 atom stereocenters. The van der Waals surface area contributed by atoms with Gasteiger partial charge in [-0.1, -0.05) is 61.3 Å². The number of hydrogen-bond donors (Lipinski definition) is 0. The van der Waals surface area contributed by atoms with E-state index < -0.39 is 0 Å². The molecule has 0 heterocycles. The summed E-state index contributed by atoms with van der Waals surface area (Å²) in [5.41, 5.74) is 1.07. The van der Waals surface area contributed by atoms with Gasteiger partial charge in [0.15, 0.2) is 0 Å². The van der Waals surface area contributed by atoms with Crippen LogP contribution in [0.25, 0.3) is 0 Å². The average molecular weight is 332 g/mol. The van der Waals surface area contributed by atoms with Gasteiger partial charge in [-0.2, -0.15) is 0 Å². The molecule has 0 aliphatic carbocycles. The van der Waals surface area contributed by atoms with Crippen molar-refractivity contribution in [1.29, 1.82) is 0 Å². The Bertz CT molecular complexity index is 435. The van der Waals surface area contributed by atoms with Crippen LogP contribution in [-0.4, -0.2) is 5.78 Å². The molecule has 1 unspecified atom stereocenters. The number of rotatable bonds is 4. The van der Waals surface area contributed by atoms with Crippen LogP contribution in [0, 0.1) is 11.3 Å². The largest absolute Gasteiger partial charge is 0.299 e. The number of Topliss-reactive ketones (excluding diaryl/α,β-unsaturated/α-hetero) is 1. The Morgan fingerprint density at radius 3 is 2.50 bits per heavy atom. The SMILES string of the molecule is CC(CC(=O)Cc1ccc(Br)cc1Cl)C(C)(C)C. The number of benzene rings is 1. The Morgan fingerprint density at radius 1 is 1.39 bits per heavy atom. The summed E-state index contributed by atoms with van der Waals surface area (Å²) in [7, 11) is 0. The fourth-order valence-electron chi connectivity index (χ4n) is 1.60. The van der Waals surface area contributed by atoms with Crippen LogP contribution in [0.2, 0.25) is 5.02 Å². The van der Waals surface area contributed by atoms with E-state index in [-0.39, 0.29) is 11.2 Å². The van der Waals surface area contributed by atoms with E-state index in [1.807, 2.05) is 18.2 Å². The van der Waals surface area contributed by atoms with E-state index in [1.165, 1.54) is 0 Å². The maximum absolute atomic E-state index is 12.0. The van der Waals surface area contributed by atoms with Crippen LogP contribution in [0.3, 0.4) is 0 Å². The molecule has 0 saturated carbocycles. The second-order valence-corrected chi connectivity index (χ2v) is 7.25. The molecule has 3 heteroatoms. The van der Waals surface area contributed by atoms with Gasteiger partial charge in [0, 0.05) is 22.3 Å². The zero-order valence-electron chi connectivity index (χ0n) is 11.4. The summed E-state index contributed by atoms with van der Waals surface area (Å²) in [6.07, 6.45) is 1.03. The predicted molar refractivity (Wildman–Crippen MR) is 81.1 cm³/mol. The van der Waals surface area contributed by atoms with Crippen LogP contribution in [0.5, 0.6) is 0 Å². The zero-order valence-corrected chi connectivity index (χ0v) is 13.7. The summed E-state index contributed by atoms with van der Waals surface area (Å²) in [6, 6.07) is 5.66. The number of halogens is 2. The molecule has 1 rings (SSSR count). The molecular formula is C15H20BrClO. The van der Waals surface area contributed by atoms with Crippen molar-refractivity contribution in [3.05, 3.63) is 33.3 Å². The first-order valence-electron chi connectivity index (χ1n) is 6.16. The van der Waals surface area contributed by atoms with Gasteiger partial charge in [-0.05, 0) is 29.0 Å². The third-order valence-corrected chi connectivity index (χ3v) is 4.26.